The number of hydrogen-bond donors (Lipinski definition) is 1. The van der Waals surface area contributed by atoms with Crippen LogP contribution < -0.4 is 10.1 Å². The molecule has 5 rings (SSSR count). The Kier molecular flexibility index (Phi) is 6.11. The fraction of sp³-hybridized carbons (Fsp3) is 0.333. The molecule has 1 heterocycles. The van der Waals surface area contributed by atoms with Crippen LogP contribution >= 0.6 is 0 Å². The van der Waals surface area contributed by atoms with E-state index in [4.69, 9.17) is 9.47 Å². The maximum absolute atomic E-state index is 13.3. The van der Waals surface area contributed by atoms with Crippen LogP contribution in [-0.2, 0) is 30.3 Å². The van der Waals surface area contributed by atoms with Crippen LogP contribution in [0.15, 0.2) is 66.7 Å². The van der Waals surface area contributed by atoms with Gasteiger partial charge in [0.05, 0.1) is 18.9 Å². The number of anilines is 1. The Labute approximate surface area is 202 Å². The Balaban J connectivity index is 1.31. The van der Waals surface area contributed by atoms with Crippen molar-refractivity contribution in [3.8, 4) is 5.75 Å². The molecule has 0 unspecified atom stereocenters. The van der Waals surface area contributed by atoms with Gasteiger partial charge in [0, 0.05) is 18.2 Å². The number of fused-ring (bicyclic) bond motifs is 5. The second kappa shape index (κ2) is 9.37. The lowest BCUT2D eigenvalue weighted by Crippen LogP contribution is -2.48. The number of likely N-dealkylation sites (tertiary alicyclic amines) is 1. The summed E-state index contributed by atoms with van der Waals surface area (Å²) in [5.74, 6) is -2.16. The number of rotatable bonds is 8. The van der Waals surface area contributed by atoms with E-state index in [2.05, 4.69) is 5.32 Å². The molecule has 1 aliphatic heterocycles. The number of carbonyl (C=O) groups is 4. The Morgan fingerprint density at radius 3 is 2.34 bits per heavy atom. The predicted octanol–water partition coefficient (Wildman–Crippen LogP) is 2.60. The highest BCUT2D eigenvalue weighted by Gasteiger charge is 2.61. The molecule has 3 aliphatic rings. The lowest BCUT2D eigenvalue weighted by molar-refractivity contribution is -0.160. The summed E-state index contributed by atoms with van der Waals surface area (Å²) in [6.07, 6.45) is 4.94. The molecule has 180 valence electrons. The van der Waals surface area contributed by atoms with E-state index in [0.29, 0.717) is 11.4 Å². The van der Waals surface area contributed by atoms with E-state index in [1.807, 2.05) is 42.5 Å². The number of amides is 3. The zero-order chi connectivity index (χ0) is 24.5. The Morgan fingerprint density at radius 2 is 1.69 bits per heavy atom. The number of esters is 1. The topological polar surface area (TPSA) is 102 Å². The summed E-state index contributed by atoms with van der Waals surface area (Å²) in [5, 5.41) is 2.65. The maximum Gasteiger partial charge on any atom is 0.330 e. The Bertz CT molecular complexity index is 1160. The Hall–Kier alpha value is -3.94. The van der Waals surface area contributed by atoms with Gasteiger partial charge in [-0.1, -0.05) is 48.6 Å². The minimum absolute atomic E-state index is 0.0356. The highest BCUT2D eigenvalue weighted by atomic mass is 16.5. The number of methoxy groups -OCH3 is 1. The molecule has 1 saturated heterocycles. The molecule has 0 radical (unpaired) electrons. The maximum atomic E-state index is 13.3. The molecule has 3 amide bonds. The number of hydrogen-bond acceptors (Lipinski definition) is 6. The molecule has 1 saturated carbocycles. The summed E-state index contributed by atoms with van der Waals surface area (Å²) in [6.45, 7) is -0.544. The van der Waals surface area contributed by atoms with Gasteiger partial charge < -0.3 is 14.8 Å². The third-order valence-corrected chi connectivity index (χ3v) is 7.06. The zero-order valence-corrected chi connectivity index (χ0v) is 19.3. The number of imide groups is 1. The molecule has 0 aromatic heterocycles. The van der Waals surface area contributed by atoms with Crippen LogP contribution in [0.5, 0.6) is 5.75 Å². The minimum atomic E-state index is -1.13. The number of nitrogens with zero attached hydrogens (tertiary/aromatic N) is 1. The second-order valence-corrected chi connectivity index (χ2v) is 9.14. The lowest BCUT2D eigenvalue weighted by atomic mass is 9.85. The molecule has 2 aromatic carbocycles. The van der Waals surface area contributed by atoms with Gasteiger partial charge in [-0.2, -0.15) is 0 Å². The van der Waals surface area contributed by atoms with Crippen molar-refractivity contribution < 1.29 is 28.7 Å². The van der Waals surface area contributed by atoms with Gasteiger partial charge in [0.15, 0.2) is 6.61 Å². The van der Waals surface area contributed by atoms with Gasteiger partial charge in [-0.15, -0.1) is 0 Å². The average Bonchev–Trinajstić information content (AvgIpc) is 3.56. The molecule has 1 N–H and O–H groups in total. The molecule has 2 bridgehead atoms. The lowest BCUT2D eigenvalue weighted by Gasteiger charge is -2.26. The summed E-state index contributed by atoms with van der Waals surface area (Å²) in [7, 11) is 1.52. The van der Waals surface area contributed by atoms with Crippen molar-refractivity contribution in [3.63, 3.8) is 0 Å². The van der Waals surface area contributed by atoms with Crippen molar-refractivity contribution in [2.24, 2.45) is 23.7 Å². The highest BCUT2D eigenvalue weighted by molar-refractivity contribution is 6.09. The third kappa shape index (κ3) is 4.32. The number of benzene rings is 2. The molecule has 2 aliphatic carbocycles. The van der Waals surface area contributed by atoms with Gasteiger partial charge in [-0.3, -0.25) is 19.3 Å². The molecular weight excluding hydrogens is 448 g/mol. The average molecular weight is 475 g/mol. The van der Waals surface area contributed by atoms with Gasteiger partial charge in [-0.25, -0.2) is 4.79 Å². The SMILES string of the molecule is COc1cccc(NC(=O)COC(=O)[C@@H](Cc2ccccc2)N2C(=O)[C@@H]3[C@H](C2=O)[C@H]2C=C[C@H]3C2)c1. The minimum Gasteiger partial charge on any atom is -0.497 e. The summed E-state index contributed by atoms with van der Waals surface area (Å²) in [4.78, 5) is 53.4. The molecule has 35 heavy (non-hydrogen) atoms. The number of carbonyl (C=O) groups excluding carboxylic acids is 4. The van der Waals surface area contributed by atoms with Gasteiger partial charge in [-0.05, 0) is 36.0 Å². The first-order valence-corrected chi connectivity index (χ1v) is 11.7. The van der Waals surface area contributed by atoms with Crippen LogP contribution in [0.1, 0.15) is 12.0 Å². The molecule has 8 heteroatoms. The Morgan fingerprint density at radius 1 is 1.00 bits per heavy atom. The summed E-state index contributed by atoms with van der Waals surface area (Å²) < 4.78 is 10.5. The molecular formula is C27H26N2O6. The van der Waals surface area contributed by atoms with Gasteiger partial charge in [0.1, 0.15) is 11.8 Å². The van der Waals surface area contributed by atoms with Crippen LogP contribution in [0.2, 0.25) is 0 Å². The van der Waals surface area contributed by atoms with E-state index in [9.17, 15) is 19.2 Å². The van der Waals surface area contributed by atoms with E-state index in [1.54, 1.807) is 24.3 Å². The van der Waals surface area contributed by atoms with E-state index < -0.39 is 36.4 Å². The van der Waals surface area contributed by atoms with E-state index in [1.165, 1.54) is 7.11 Å². The number of allylic oxidation sites excluding steroid dienone is 2. The fourth-order valence-electron chi connectivity index (χ4n) is 5.48. The first-order chi connectivity index (χ1) is 17.0. The number of nitrogens with one attached hydrogen (secondary N) is 1. The summed E-state index contributed by atoms with van der Waals surface area (Å²) in [5.41, 5.74) is 1.28. The standard InChI is InChI=1S/C27H26N2O6/c1-34-20-9-5-8-19(14-20)28-22(30)15-35-27(33)21(12-16-6-3-2-4-7-16)29-25(31)23-17-10-11-18(13-17)24(23)26(29)32/h2-11,14,17-18,21,23-24H,12-13,15H2,1H3,(H,28,30)/t17-,18-,21+,23-,24+/m0/s1. The quantitative estimate of drug-likeness (QED) is 0.359. The van der Waals surface area contributed by atoms with Crippen molar-refractivity contribution in [2.45, 2.75) is 18.9 Å². The molecule has 8 nitrogen and oxygen atoms in total. The van der Waals surface area contributed by atoms with Crippen molar-refractivity contribution in [2.75, 3.05) is 19.0 Å². The van der Waals surface area contributed by atoms with Gasteiger partial charge in [0.2, 0.25) is 11.8 Å². The smallest absolute Gasteiger partial charge is 0.330 e. The first-order valence-electron chi connectivity index (χ1n) is 11.7. The largest absolute Gasteiger partial charge is 0.497 e. The van der Waals surface area contributed by atoms with Gasteiger partial charge in [0.25, 0.3) is 5.91 Å². The molecule has 5 atom stereocenters. The van der Waals surface area contributed by atoms with Crippen LogP contribution in [0, 0.1) is 23.7 Å². The molecule has 0 spiro atoms. The van der Waals surface area contributed by atoms with Crippen molar-refractivity contribution in [3.05, 3.63) is 72.3 Å². The predicted molar refractivity (Wildman–Crippen MR) is 126 cm³/mol. The fourth-order valence-corrected chi connectivity index (χ4v) is 5.48. The molecule has 2 aromatic rings. The van der Waals surface area contributed by atoms with Gasteiger partial charge >= 0.3 is 5.97 Å². The first kappa shape index (κ1) is 22.8. The number of ether oxygens (including phenoxy) is 2. The monoisotopic (exact) mass is 474 g/mol. The van der Waals surface area contributed by atoms with Crippen molar-refractivity contribution in [1.29, 1.82) is 0 Å². The van der Waals surface area contributed by atoms with Crippen molar-refractivity contribution >= 4 is 29.4 Å². The van der Waals surface area contributed by atoms with Crippen molar-refractivity contribution in [1.82, 2.24) is 4.90 Å². The van der Waals surface area contributed by atoms with E-state index >= 15 is 0 Å². The van der Waals surface area contributed by atoms with Crippen LogP contribution in [0.25, 0.3) is 0 Å². The third-order valence-electron chi connectivity index (χ3n) is 7.06. The summed E-state index contributed by atoms with van der Waals surface area (Å²) in [6, 6.07) is 14.8. The zero-order valence-electron chi connectivity index (χ0n) is 19.3. The second-order valence-electron chi connectivity index (χ2n) is 9.14. The summed E-state index contributed by atoms with van der Waals surface area (Å²) >= 11 is 0. The van der Waals surface area contributed by atoms with E-state index in [0.717, 1.165) is 16.9 Å². The normalized spacial score (nSPS) is 24.9. The van der Waals surface area contributed by atoms with Crippen LogP contribution in [-0.4, -0.2) is 48.3 Å². The molecule has 2 fully saturated rings. The van der Waals surface area contributed by atoms with Crippen LogP contribution in [0.4, 0.5) is 5.69 Å². The van der Waals surface area contributed by atoms with E-state index in [-0.39, 0.29) is 30.1 Å². The van der Waals surface area contributed by atoms with Crippen LogP contribution in [0.3, 0.4) is 0 Å². The highest BCUT2D eigenvalue weighted by Crippen LogP contribution is 2.53.